The Bertz CT molecular complexity index is 886. The fourth-order valence-corrected chi connectivity index (χ4v) is 3.20. The monoisotopic (exact) mass is 356 g/mol. The third-order valence-electron chi connectivity index (χ3n) is 4.46. The van der Waals surface area contributed by atoms with Gasteiger partial charge in [0.2, 0.25) is 0 Å². The largest absolute Gasteiger partial charge is 0.366 e. The highest BCUT2D eigenvalue weighted by molar-refractivity contribution is 6.30. The Morgan fingerprint density at radius 2 is 1.96 bits per heavy atom. The normalized spacial score (nSPS) is 15.5. The Labute approximate surface area is 149 Å². The van der Waals surface area contributed by atoms with E-state index < -0.39 is 0 Å². The zero-order chi connectivity index (χ0) is 17.2. The Hall–Kier alpha value is -2.67. The van der Waals surface area contributed by atoms with E-state index >= 15 is 0 Å². The molecule has 1 aliphatic rings. The second-order valence-electron chi connectivity index (χ2n) is 6.07. The predicted octanol–water partition coefficient (Wildman–Crippen LogP) is 2.72. The van der Waals surface area contributed by atoms with Gasteiger partial charge in [-0.1, -0.05) is 11.6 Å². The fraction of sp³-hybridized carbons (Fsp3) is 0.294. The number of H-pyrrole nitrogens is 1. The lowest BCUT2D eigenvalue weighted by Gasteiger charge is -2.32. The number of fused-ring (bicyclic) bond motifs is 1. The van der Waals surface area contributed by atoms with Crippen LogP contribution in [0.3, 0.4) is 0 Å². The van der Waals surface area contributed by atoms with Gasteiger partial charge in [-0.3, -0.25) is 9.89 Å². The number of amides is 1. The molecule has 0 spiro atoms. The van der Waals surface area contributed by atoms with Crippen LogP contribution in [0.25, 0.3) is 11.0 Å². The summed E-state index contributed by atoms with van der Waals surface area (Å²) >= 11 is 5.88. The SMILES string of the molecule is O=C(c1ccc(Cl)cc1)N1CCC(Nc2ncnc3[nH]ncc23)CC1. The maximum Gasteiger partial charge on any atom is 0.253 e. The van der Waals surface area contributed by atoms with E-state index in [1.807, 2.05) is 4.90 Å². The molecule has 0 saturated carbocycles. The van der Waals surface area contributed by atoms with Gasteiger partial charge in [0.1, 0.15) is 12.1 Å². The number of anilines is 1. The molecule has 3 aromatic rings. The van der Waals surface area contributed by atoms with E-state index in [1.165, 1.54) is 6.33 Å². The van der Waals surface area contributed by atoms with Crippen molar-refractivity contribution >= 4 is 34.4 Å². The lowest BCUT2D eigenvalue weighted by atomic mass is 10.0. The van der Waals surface area contributed by atoms with Crippen LogP contribution >= 0.6 is 11.6 Å². The number of benzene rings is 1. The number of nitrogens with one attached hydrogen (secondary N) is 2. The van der Waals surface area contributed by atoms with Crippen molar-refractivity contribution in [2.75, 3.05) is 18.4 Å². The van der Waals surface area contributed by atoms with Crippen LogP contribution in [-0.4, -0.2) is 50.1 Å². The summed E-state index contributed by atoms with van der Waals surface area (Å²) < 4.78 is 0. The molecule has 0 radical (unpaired) electrons. The molecule has 1 saturated heterocycles. The number of nitrogens with zero attached hydrogens (tertiary/aromatic N) is 4. The second kappa shape index (κ2) is 6.68. The Kier molecular flexibility index (Phi) is 4.23. The number of carbonyl (C=O) groups is 1. The average Bonchev–Trinajstić information content (AvgIpc) is 3.12. The Morgan fingerprint density at radius 1 is 1.20 bits per heavy atom. The molecule has 3 heterocycles. The van der Waals surface area contributed by atoms with Crippen molar-refractivity contribution in [2.45, 2.75) is 18.9 Å². The number of hydrogen-bond donors (Lipinski definition) is 2. The summed E-state index contributed by atoms with van der Waals surface area (Å²) in [5.74, 6) is 0.829. The van der Waals surface area contributed by atoms with Crippen molar-refractivity contribution in [1.82, 2.24) is 25.1 Å². The molecule has 0 atom stereocenters. The van der Waals surface area contributed by atoms with Gasteiger partial charge < -0.3 is 10.2 Å². The topological polar surface area (TPSA) is 86.8 Å². The van der Waals surface area contributed by atoms with Crippen molar-refractivity contribution in [3.63, 3.8) is 0 Å². The van der Waals surface area contributed by atoms with Crippen LogP contribution < -0.4 is 5.32 Å². The van der Waals surface area contributed by atoms with Gasteiger partial charge in [-0.05, 0) is 37.1 Å². The first-order valence-corrected chi connectivity index (χ1v) is 8.54. The third kappa shape index (κ3) is 3.28. The number of piperidine rings is 1. The highest BCUT2D eigenvalue weighted by Crippen LogP contribution is 2.22. The molecule has 7 nitrogen and oxygen atoms in total. The van der Waals surface area contributed by atoms with Gasteiger partial charge in [0.25, 0.3) is 5.91 Å². The molecule has 1 fully saturated rings. The molecule has 25 heavy (non-hydrogen) atoms. The van der Waals surface area contributed by atoms with Crippen LogP contribution in [0.5, 0.6) is 0 Å². The zero-order valence-corrected chi connectivity index (χ0v) is 14.2. The van der Waals surface area contributed by atoms with Gasteiger partial charge in [0.15, 0.2) is 5.65 Å². The van der Waals surface area contributed by atoms with Crippen LogP contribution in [0.4, 0.5) is 5.82 Å². The molecule has 8 heteroatoms. The Balaban J connectivity index is 1.39. The maximum absolute atomic E-state index is 12.5. The molecular formula is C17H17ClN6O. The molecule has 1 aromatic carbocycles. The van der Waals surface area contributed by atoms with Gasteiger partial charge in [0.05, 0.1) is 11.6 Å². The molecule has 1 amide bonds. The minimum Gasteiger partial charge on any atom is -0.366 e. The summed E-state index contributed by atoms with van der Waals surface area (Å²) in [4.78, 5) is 22.9. The maximum atomic E-state index is 12.5. The number of aromatic amines is 1. The van der Waals surface area contributed by atoms with Gasteiger partial charge in [-0.2, -0.15) is 5.10 Å². The van der Waals surface area contributed by atoms with Crippen LogP contribution in [0, 0.1) is 0 Å². The van der Waals surface area contributed by atoms with Gasteiger partial charge in [0, 0.05) is 29.7 Å². The summed E-state index contributed by atoms with van der Waals surface area (Å²) in [5.41, 5.74) is 1.39. The molecule has 128 valence electrons. The molecule has 4 rings (SSSR count). The average molecular weight is 357 g/mol. The summed E-state index contributed by atoms with van der Waals surface area (Å²) in [6.45, 7) is 1.41. The number of rotatable bonds is 3. The van der Waals surface area contributed by atoms with Crippen molar-refractivity contribution in [3.8, 4) is 0 Å². The lowest BCUT2D eigenvalue weighted by molar-refractivity contribution is 0.0718. The van der Waals surface area contributed by atoms with Crippen LogP contribution in [0.1, 0.15) is 23.2 Å². The van der Waals surface area contributed by atoms with Crippen LogP contribution in [0.2, 0.25) is 5.02 Å². The van der Waals surface area contributed by atoms with Gasteiger partial charge >= 0.3 is 0 Å². The molecule has 1 aliphatic heterocycles. The van der Waals surface area contributed by atoms with E-state index in [9.17, 15) is 4.79 Å². The van der Waals surface area contributed by atoms with E-state index in [0.29, 0.717) is 29.3 Å². The molecule has 0 unspecified atom stereocenters. The first kappa shape index (κ1) is 15.8. The summed E-state index contributed by atoms with van der Waals surface area (Å²) in [6.07, 6.45) is 4.96. The molecule has 2 N–H and O–H groups in total. The minimum absolute atomic E-state index is 0.0503. The van der Waals surface area contributed by atoms with Crippen molar-refractivity contribution in [3.05, 3.63) is 47.4 Å². The number of carbonyl (C=O) groups excluding carboxylic acids is 1. The molecular weight excluding hydrogens is 340 g/mol. The van der Waals surface area contributed by atoms with E-state index in [1.54, 1.807) is 30.5 Å². The van der Waals surface area contributed by atoms with Gasteiger partial charge in [-0.15, -0.1) is 0 Å². The standard InChI is InChI=1S/C17H17ClN6O/c18-12-3-1-11(2-4-12)17(25)24-7-5-13(6-8-24)22-15-14-9-21-23-16(14)20-10-19-15/h1-4,9-10,13H,5-8H2,(H2,19,20,21,22,23). The third-order valence-corrected chi connectivity index (χ3v) is 4.71. The van der Waals surface area contributed by atoms with Crippen molar-refractivity contribution < 1.29 is 4.79 Å². The minimum atomic E-state index is 0.0503. The first-order chi connectivity index (χ1) is 12.2. The smallest absolute Gasteiger partial charge is 0.253 e. The predicted molar refractivity (Wildman–Crippen MR) is 95.7 cm³/mol. The number of aromatic nitrogens is 4. The fourth-order valence-electron chi connectivity index (χ4n) is 3.08. The van der Waals surface area contributed by atoms with E-state index in [-0.39, 0.29) is 11.9 Å². The van der Waals surface area contributed by atoms with E-state index in [0.717, 1.165) is 24.0 Å². The highest BCUT2D eigenvalue weighted by Gasteiger charge is 2.24. The number of hydrogen-bond acceptors (Lipinski definition) is 5. The van der Waals surface area contributed by atoms with Crippen LogP contribution in [-0.2, 0) is 0 Å². The zero-order valence-electron chi connectivity index (χ0n) is 13.4. The Morgan fingerprint density at radius 3 is 2.72 bits per heavy atom. The quantitative estimate of drug-likeness (QED) is 0.753. The van der Waals surface area contributed by atoms with Crippen molar-refractivity contribution in [1.29, 1.82) is 0 Å². The van der Waals surface area contributed by atoms with Gasteiger partial charge in [-0.25, -0.2) is 9.97 Å². The molecule has 0 bridgehead atoms. The van der Waals surface area contributed by atoms with E-state index in [2.05, 4.69) is 25.5 Å². The highest BCUT2D eigenvalue weighted by atomic mass is 35.5. The second-order valence-corrected chi connectivity index (χ2v) is 6.51. The first-order valence-electron chi connectivity index (χ1n) is 8.16. The van der Waals surface area contributed by atoms with Crippen molar-refractivity contribution in [2.24, 2.45) is 0 Å². The number of halogens is 1. The molecule has 0 aliphatic carbocycles. The molecule has 2 aromatic heterocycles. The van der Waals surface area contributed by atoms with Crippen LogP contribution in [0.15, 0.2) is 36.8 Å². The summed E-state index contributed by atoms with van der Waals surface area (Å²) in [6, 6.07) is 7.29. The lowest BCUT2D eigenvalue weighted by Crippen LogP contribution is -2.42. The summed E-state index contributed by atoms with van der Waals surface area (Å²) in [5, 5.41) is 11.8. The summed E-state index contributed by atoms with van der Waals surface area (Å²) in [7, 11) is 0. The number of likely N-dealkylation sites (tertiary alicyclic amines) is 1. The van der Waals surface area contributed by atoms with E-state index in [4.69, 9.17) is 11.6 Å².